The van der Waals surface area contributed by atoms with Gasteiger partial charge in [-0.1, -0.05) is 17.7 Å². The lowest BCUT2D eigenvalue weighted by atomic mass is 10.0. The Morgan fingerprint density at radius 2 is 2.18 bits per heavy atom. The lowest BCUT2D eigenvalue weighted by molar-refractivity contribution is 0.102. The van der Waals surface area contributed by atoms with E-state index in [1.165, 1.54) is 0 Å². The third-order valence-corrected chi connectivity index (χ3v) is 2.93. The molecule has 0 amide bonds. The maximum Gasteiger partial charge on any atom is 0.211 e. The average Bonchev–Trinajstić information content (AvgIpc) is 2.79. The summed E-state index contributed by atoms with van der Waals surface area (Å²) in [6.07, 6.45) is 1.64. The van der Waals surface area contributed by atoms with Crippen LogP contribution in [0.1, 0.15) is 28.5 Å². The molecule has 0 radical (unpaired) electrons. The van der Waals surface area contributed by atoms with Crippen molar-refractivity contribution >= 4 is 17.4 Å². The molecule has 1 heterocycles. The van der Waals surface area contributed by atoms with Crippen LogP contribution in [0.5, 0.6) is 0 Å². The van der Waals surface area contributed by atoms with E-state index in [1.54, 1.807) is 29.1 Å². The van der Waals surface area contributed by atoms with Crippen LogP contribution in [-0.2, 0) is 6.54 Å². The number of halogens is 1. The highest BCUT2D eigenvalue weighted by Crippen LogP contribution is 2.18. The van der Waals surface area contributed by atoms with Crippen LogP contribution in [0.3, 0.4) is 0 Å². The number of benzene rings is 1. The Balaban J connectivity index is 2.47. The van der Waals surface area contributed by atoms with Crippen molar-refractivity contribution in [1.82, 2.24) is 9.78 Å². The Kier molecular flexibility index (Phi) is 3.29. The molecule has 1 aromatic heterocycles. The van der Waals surface area contributed by atoms with Gasteiger partial charge in [-0.15, -0.1) is 0 Å². The van der Waals surface area contributed by atoms with E-state index in [4.69, 9.17) is 11.6 Å². The predicted molar refractivity (Wildman–Crippen MR) is 67.5 cm³/mol. The summed E-state index contributed by atoms with van der Waals surface area (Å²) in [5, 5.41) is 4.67. The van der Waals surface area contributed by atoms with Crippen LogP contribution >= 0.6 is 11.6 Å². The molecule has 0 aliphatic heterocycles. The highest BCUT2D eigenvalue weighted by atomic mass is 35.5. The number of carbonyl (C=O) groups excluding carboxylic acids is 1. The molecule has 17 heavy (non-hydrogen) atoms. The van der Waals surface area contributed by atoms with E-state index in [-0.39, 0.29) is 5.78 Å². The summed E-state index contributed by atoms with van der Waals surface area (Å²) in [6, 6.07) is 7.06. The molecule has 0 unspecified atom stereocenters. The van der Waals surface area contributed by atoms with Gasteiger partial charge in [0.2, 0.25) is 5.78 Å². The van der Waals surface area contributed by atoms with E-state index < -0.39 is 0 Å². The minimum absolute atomic E-state index is 0.0376. The van der Waals surface area contributed by atoms with E-state index >= 15 is 0 Å². The number of aromatic nitrogens is 2. The highest BCUT2D eigenvalue weighted by Gasteiger charge is 2.15. The Morgan fingerprint density at radius 1 is 1.41 bits per heavy atom. The average molecular weight is 249 g/mol. The molecule has 4 heteroatoms. The molecule has 2 rings (SSSR count). The number of hydrogen-bond donors (Lipinski definition) is 0. The molecule has 1 aromatic carbocycles. The number of nitrogens with zero attached hydrogens (tertiary/aromatic N) is 2. The van der Waals surface area contributed by atoms with Crippen molar-refractivity contribution in [3.05, 3.63) is 52.3 Å². The fourth-order valence-corrected chi connectivity index (χ4v) is 1.93. The van der Waals surface area contributed by atoms with Gasteiger partial charge in [0.25, 0.3) is 0 Å². The minimum Gasteiger partial charge on any atom is -0.287 e. The topological polar surface area (TPSA) is 34.9 Å². The first-order valence-corrected chi connectivity index (χ1v) is 5.84. The third-order valence-electron chi connectivity index (χ3n) is 2.69. The molecule has 0 aliphatic carbocycles. The van der Waals surface area contributed by atoms with Crippen molar-refractivity contribution in [2.75, 3.05) is 0 Å². The summed E-state index contributed by atoms with van der Waals surface area (Å²) in [5.74, 6) is -0.0376. The Hall–Kier alpha value is -1.61. The summed E-state index contributed by atoms with van der Waals surface area (Å²) >= 11 is 5.92. The molecule has 0 saturated heterocycles. The SMILES string of the molecule is CCn1nccc1C(=O)c1cc(Cl)ccc1C. The summed E-state index contributed by atoms with van der Waals surface area (Å²) in [7, 11) is 0. The molecular weight excluding hydrogens is 236 g/mol. The molecule has 2 aromatic rings. The second-order valence-electron chi connectivity index (χ2n) is 3.82. The van der Waals surface area contributed by atoms with Gasteiger partial charge in [0.05, 0.1) is 0 Å². The standard InChI is InChI=1S/C13H13ClN2O/c1-3-16-12(6-7-15-16)13(17)11-8-10(14)5-4-9(11)2/h4-8H,3H2,1-2H3. The molecule has 0 N–H and O–H groups in total. The lowest BCUT2D eigenvalue weighted by Crippen LogP contribution is -2.11. The quantitative estimate of drug-likeness (QED) is 0.783. The maximum absolute atomic E-state index is 12.3. The van der Waals surface area contributed by atoms with E-state index in [0.29, 0.717) is 22.8 Å². The summed E-state index contributed by atoms with van der Waals surface area (Å²) in [4.78, 5) is 12.3. The Labute approximate surface area is 105 Å². The molecule has 0 saturated carbocycles. The smallest absolute Gasteiger partial charge is 0.211 e. The minimum atomic E-state index is -0.0376. The van der Waals surface area contributed by atoms with Crippen LogP contribution in [0.4, 0.5) is 0 Å². The van der Waals surface area contributed by atoms with E-state index in [0.717, 1.165) is 5.56 Å². The number of rotatable bonds is 3. The van der Waals surface area contributed by atoms with Gasteiger partial charge in [-0.2, -0.15) is 5.10 Å². The molecule has 0 atom stereocenters. The Bertz CT molecular complexity index is 560. The van der Waals surface area contributed by atoms with Crippen LogP contribution < -0.4 is 0 Å². The Morgan fingerprint density at radius 3 is 2.88 bits per heavy atom. The van der Waals surface area contributed by atoms with E-state index in [9.17, 15) is 4.79 Å². The van der Waals surface area contributed by atoms with Gasteiger partial charge in [-0.25, -0.2) is 0 Å². The van der Waals surface area contributed by atoms with Crippen molar-refractivity contribution in [3.63, 3.8) is 0 Å². The normalized spacial score (nSPS) is 10.5. The van der Waals surface area contributed by atoms with Gasteiger partial charge in [0.1, 0.15) is 5.69 Å². The zero-order chi connectivity index (χ0) is 12.4. The summed E-state index contributed by atoms with van der Waals surface area (Å²) in [5.41, 5.74) is 2.15. The van der Waals surface area contributed by atoms with Gasteiger partial charge in [0.15, 0.2) is 0 Å². The van der Waals surface area contributed by atoms with Crippen molar-refractivity contribution in [2.45, 2.75) is 20.4 Å². The first-order valence-electron chi connectivity index (χ1n) is 5.46. The summed E-state index contributed by atoms with van der Waals surface area (Å²) < 4.78 is 1.68. The monoisotopic (exact) mass is 248 g/mol. The van der Waals surface area contributed by atoms with Crippen LogP contribution in [0.25, 0.3) is 0 Å². The number of ketones is 1. The zero-order valence-corrected chi connectivity index (χ0v) is 10.5. The number of hydrogen-bond acceptors (Lipinski definition) is 2. The molecule has 0 spiro atoms. The van der Waals surface area contributed by atoms with Gasteiger partial charge < -0.3 is 0 Å². The zero-order valence-electron chi connectivity index (χ0n) is 9.77. The largest absolute Gasteiger partial charge is 0.287 e. The molecular formula is C13H13ClN2O. The van der Waals surface area contributed by atoms with Gasteiger partial charge in [-0.05, 0) is 37.6 Å². The number of carbonyl (C=O) groups is 1. The van der Waals surface area contributed by atoms with E-state index in [2.05, 4.69) is 5.10 Å². The van der Waals surface area contributed by atoms with Gasteiger partial charge in [-0.3, -0.25) is 9.48 Å². The molecule has 0 bridgehead atoms. The van der Waals surface area contributed by atoms with Crippen LogP contribution in [0.15, 0.2) is 30.5 Å². The summed E-state index contributed by atoms with van der Waals surface area (Å²) in [6.45, 7) is 4.53. The first-order chi connectivity index (χ1) is 8.13. The molecule has 88 valence electrons. The van der Waals surface area contributed by atoms with Crippen LogP contribution in [0.2, 0.25) is 5.02 Å². The molecule has 0 fully saturated rings. The second-order valence-corrected chi connectivity index (χ2v) is 4.26. The highest BCUT2D eigenvalue weighted by molar-refractivity contribution is 6.31. The van der Waals surface area contributed by atoms with Gasteiger partial charge in [0, 0.05) is 23.3 Å². The second kappa shape index (κ2) is 4.72. The fourth-order valence-electron chi connectivity index (χ4n) is 1.75. The molecule has 0 aliphatic rings. The fraction of sp³-hybridized carbons (Fsp3) is 0.231. The van der Waals surface area contributed by atoms with Crippen LogP contribution in [0, 0.1) is 6.92 Å². The van der Waals surface area contributed by atoms with Crippen molar-refractivity contribution in [3.8, 4) is 0 Å². The maximum atomic E-state index is 12.3. The lowest BCUT2D eigenvalue weighted by Gasteiger charge is -2.07. The van der Waals surface area contributed by atoms with Crippen molar-refractivity contribution < 1.29 is 4.79 Å². The van der Waals surface area contributed by atoms with Crippen molar-refractivity contribution in [2.24, 2.45) is 0 Å². The number of aryl methyl sites for hydroxylation is 2. The van der Waals surface area contributed by atoms with Gasteiger partial charge >= 0.3 is 0 Å². The van der Waals surface area contributed by atoms with Crippen LogP contribution in [-0.4, -0.2) is 15.6 Å². The van der Waals surface area contributed by atoms with E-state index in [1.807, 2.05) is 19.9 Å². The molecule has 3 nitrogen and oxygen atoms in total. The predicted octanol–water partition coefficient (Wildman–Crippen LogP) is 3.10. The third kappa shape index (κ3) is 2.24. The first kappa shape index (κ1) is 11.9. The van der Waals surface area contributed by atoms with Crippen molar-refractivity contribution in [1.29, 1.82) is 0 Å².